The molecular weight excluding hydrogens is 1660 g/mol. The lowest BCUT2D eigenvalue weighted by Crippen LogP contribution is -2.18. The number of unbranched alkanes of at least 4 members (excludes halogenated alkanes) is 18. The van der Waals surface area contributed by atoms with Crippen LogP contribution >= 0.6 is 0 Å². The highest BCUT2D eigenvalue weighted by molar-refractivity contribution is 5.69. The second-order valence-electron chi connectivity index (χ2n) is 29.5. The summed E-state index contributed by atoms with van der Waals surface area (Å²) in [6.45, 7) is 39.0. The van der Waals surface area contributed by atoms with E-state index in [1.165, 1.54) is 135 Å². The Morgan fingerprint density at radius 2 is 0.680 bits per heavy atom. The minimum Gasteiger partial charge on any atom is -0.502 e. The van der Waals surface area contributed by atoms with Crippen LogP contribution in [0.1, 0.15) is 201 Å². The van der Waals surface area contributed by atoms with Gasteiger partial charge in [-0.05, 0) is 84.0 Å². The molecule has 35 heteroatoms. The maximum atomic E-state index is 11.7. The number of methoxy groups -OCH3 is 10. The van der Waals surface area contributed by atoms with E-state index in [4.69, 9.17) is 114 Å². The van der Waals surface area contributed by atoms with Crippen LogP contribution in [0.4, 0.5) is 26.3 Å². The molecule has 8 aliphatic heterocycles. The number of esters is 1. The number of rotatable bonds is 71. The van der Waals surface area contributed by atoms with E-state index in [1.807, 2.05) is 0 Å². The highest BCUT2D eigenvalue weighted by atomic mass is 19.3. The lowest BCUT2D eigenvalue weighted by Gasteiger charge is -2.09. The molecule has 0 aromatic rings. The summed E-state index contributed by atoms with van der Waals surface area (Å²) < 4.78 is 204. The van der Waals surface area contributed by atoms with E-state index in [-0.39, 0.29) is 42.8 Å². The van der Waals surface area contributed by atoms with Gasteiger partial charge in [-0.2, -0.15) is 26.3 Å². The molecule has 29 nitrogen and oxygen atoms in total. The highest BCUT2D eigenvalue weighted by Gasteiger charge is 2.43. The van der Waals surface area contributed by atoms with E-state index in [0.717, 1.165) is 217 Å². The van der Waals surface area contributed by atoms with Crippen LogP contribution in [0.3, 0.4) is 0 Å². The largest absolute Gasteiger partial charge is 0.502 e. The molecule has 8 unspecified atom stereocenters. The molecule has 8 atom stereocenters. The van der Waals surface area contributed by atoms with Crippen molar-refractivity contribution in [3.8, 4) is 0 Å². The third kappa shape index (κ3) is 116. The zero-order valence-electron chi connectivity index (χ0n) is 79.4. The first-order valence-corrected chi connectivity index (χ1v) is 44.8. The minimum absolute atomic E-state index is 0.0516. The van der Waals surface area contributed by atoms with Crippen LogP contribution in [0, 0.1) is 0 Å². The third-order valence-corrected chi connectivity index (χ3v) is 17.4. The fourth-order valence-electron chi connectivity index (χ4n) is 9.01. The number of carbonyl (C=O) groups is 1. The number of epoxide rings is 8. The summed E-state index contributed by atoms with van der Waals surface area (Å²) >= 11 is 0. The minimum atomic E-state index is -2.45. The van der Waals surface area contributed by atoms with Crippen molar-refractivity contribution in [3.05, 3.63) is 49.9 Å². The summed E-state index contributed by atoms with van der Waals surface area (Å²) in [5.74, 6) is -0.164. The predicted molar refractivity (Wildman–Crippen MR) is 467 cm³/mol. The summed E-state index contributed by atoms with van der Waals surface area (Å²) in [5.41, 5.74) is 0.167. The Bertz CT molecular complexity index is 2250. The van der Waals surface area contributed by atoms with Crippen molar-refractivity contribution in [2.24, 2.45) is 0 Å². The van der Waals surface area contributed by atoms with E-state index in [1.54, 1.807) is 56.9 Å². The van der Waals surface area contributed by atoms with Crippen molar-refractivity contribution in [2.75, 3.05) is 283 Å². The molecule has 0 radical (unpaired) electrons. The maximum absolute atomic E-state index is 11.7. The molecule has 0 aliphatic carbocycles. The summed E-state index contributed by atoms with van der Waals surface area (Å²) in [7, 11) is 15.7. The van der Waals surface area contributed by atoms with E-state index in [0.29, 0.717) is 70.5 Å². The lowest BCUT2D eigenvalue weighted by atomic mass is 10.1. The van der Waals surface area contributed by atoms with Gasteiger partial charge in [0.2, 0.25) is 0 Å². The van der Waals surface area contributed by atoms with Gasteiger partial charge in [0.05, 0.1) is 139 Å². The molecule has 0 amide bonds. The first-order valence-electron chi connectivity index (χ1n) is 44.8. The SMILES string of the molecule is C=COCCCCOC.C=COCCOC.CCCCCCCCOC1CO1.CCCCCCOCC1(CC)CO1.COC(F)=C(F)F.COCC1CO1.COCCCC(=O)OCC1CO1.COCCCCCCCCOCC1CO1.COCCCCCCOCC1(C)CO1.COCCCCOCC1CO1.COCCOC(F)=C(F)F.COCCOCC1CO1. The summed E-state index contributed by atoms with van der Waals surface area (Å²) in [4.78, 5) is 10.9. The molecular formula is C90H172F6O29. The molecule has 8 saturated heterocycles. The molecule has 0 saturated carbocycles. The Balaban J connectivity index is -0.000000644. The van der Waals surface area contributed by atoms with E-state index in [2.05, 4.69) is 59.8 Å². The van der Waals surface area contributed by atoms with Crippen LogP contribution in [0.15, 0.2) is 49.9 Å². The van der Waals surface area contributed by atoms with Crippen LogP contribution < -0.4 is 0 Å². The number of halogens is 6. The lowest BCUT2D eigenvalue weighted by molar-refractivity contribution is -0.144. The maximum Gasteiger partial charge on any atom is 0.342 e. The van der Waals surface area contributed by atoms with Crippen molar-refractivity contribution in [1.29, 1.82) is 0 Å². The smallest absolute Gasteiger partial charge is 0.342 e. The number of ether oxygens (including phenoxy) is 28. The van der Waals surface area contributed by atoms with Crippen molar-refractivity contribution >= 4 is 5.97 Å². The number of hydrogen-bond donors (Lipinski definition) is 0. The second-order valence-corrected chi connectivity index (χ2v) is 29.5. The summed E-state index contributed by atoms with van der Waals surface area (Å²) in [6, 6.07) is -3.66. The Kier molecular flexibility index (Phi) is 103. The van der Waals surface area contributed by atoms with Gasteiger partial charge in [0.15, 0.2) is 6.29 Å². The van der Waals surface area contributed by atoms with Crippen LogP contribution in [0.2, 0.25) is 0 Å². The van der Waals surface area contributed by atoms with Gasteiger partial charge in [-0.25, -0.2) is 0 Å². The van der Waals surface area contributed by atoms with Crippen LogP contribution in [0.25, 0.3) is 0 Å². The third-order valence-electron chi connectivity index (χ3n) is 17.4. The van der Waals surface area contributed by atoms with E-state index in [9.17, 15) is 31.1 Å². The van der Waals surface area contributed by atoms with Gasteiger partial charge >= 0.3 is 30.2 Å². The van der Waals surface area contributed by atoms with Gasteiger partial charge in [-0.15, -0.1) is 0 Å². The molecule has 0 spiro atoms. The predicted octanol–water partition coefficient (Wildman–Crippen LogP) is 16.9. The van der Waals surface area contributed by atoms with E-state index < -0.39 is 24.2 Å². The first-order chi connectivity index (χ1) is 60.8. The van der Waals surface area contributed by atoms with Gasteiger partial charge in [0.1, 0.15) is 68.1 Å². The molecule has 8 fully saturated rings. The van der Waals surface area contributed by atoms with Gasteiger partial charge in [0.25, 0.3) is 0 Å². The van der Waals surface area contributed by atoms with E-state index >= 15 is 0 Å². The fourth-order valence-corrected chi connectivity index (χ4v) is 9.01. The zero-order chi connectivity index (χ0) is 93.3. The van der Waals surface area contributed by atoms with Crippen molar-refractivity contribution in [3.63, 3.8) is 0 Å². The molecule has 125 heavy (non-hydrogen) atoms. The Hall–Kier alpha value is -3.71. The standard InChI is InChI=1S/C12H24O3.C11H22O3.C11H22O2.C10H20O2.C8H14O4.C8H16O3.C7H14O2.C6H12O3.C5H7F3O2.C5H10O2.C4H8O2.C3H3F3O/c1-13-8-6-4-2-3-5-7-9-14-10-12-11-15-12;1-11(10-14-11)9-13-8-6-4-3-5-7-12-2;1-3-5-6-7-8-12-9-11(4-2)10-13-11;1-2-3-4-5-6-7-8-11-10-9-12-10;1-10-4-2-3-8(9)12-6-7-5-11-7;1-9-4-2-3-5-10-6-8-7-11-8;1-3-9-7-5-4-6-8-2;1-7-2-3-8-4-6-5-9-6;1-9-2-3-10-5(8)4(6)7;1-3-7-5-4-6-2;1-5-2-4-3-6-4;1-7-3(6)2(4)5/h12H,2-11H2,1H3;3-10H2,1-2H3;3-10H2,1-2H3;10H,2-9H2,1H3;7H,2-6H2,1H3;8H,2-7H2,1H3;3H,1,4-7H2,2H3;6H,2-5H2,1H3;2-3H2,1H3;3H,1,4-5H2,2H3;4H,2-3H2,1H3;1H3. The normalized spacial score (nSPS) is 19.4. The average Bonchev–Trinajstić information content (AvgIpc) is 1.68. The number of carbonyl (C=O) groups excluding carboxylic acids is 1. The summed E-state index contributed by atoms with van der Waals surface area (Å²) in [5, 5.41) is 0. The van der Waals surface area contributed by atoms with Gasteiger partial charge in [-0.1, -0.05) is 124 Å². The Labute approximate surface area is 748 Å². The zero-order valence-corrected chi connectivity index (χ0v) is 79.4. The van der Waals surface area contributed by atoms with Crippen LogP contribution in [-0.2, 0) is 137 Å². The fraction of sp³-hybridized carbons (Fsp3) is 0.900. The van der Waals surface area contributed by atoms with Crippen LogP contribution in [0.5, 0.6) is 0 Å². The quantitative estimate of drug-likeness (QED) is 0.0180. The topological polar surface area (TPSA) is 302 Å². The number of hydrogen-bond acceptors (Lipinski definition) is 29. The summed E-state index contributed by atoms with van der Waals surface area (Å²) in [6.07, 6.45) is 32.0. The molecule has 0 aromatic heterocycles. The molecule has 8 heterocycles. The monoisotopic (exact) mass is 1830 g/mol. The average molecular weight is 1830 g/mol. The molecule has 0 aromatic carbocycles. The molecule has 0 N–H and O–H groups in total. The Morgan fingerprint density at radius 1 is 0.344 bits per heavy atom. The molecule has 8 aliphatic rings. The van der Waals surface area contributed by atoms with Crippen LogP contribution in [-0.4, -0.2) is 336 Å². The highest BCUT2D eigenvalue weighted by Crippen LogP contribution is 2.31. The Morgan fingerprint density at radius 3 is 1.05 bits per heavy atom. The van der Waals surface area contributed by atoms with Crippen molar-refractivity contribution in [2.45, 2.75) is 249 Å². The second kappa shape index (κ2) is 101. The van der Waals surface area contributed by atoms with Gasteiger partial charge < -0.3 is 133 Å². The molecule has 748 valence electrons. The molecule has 8 rings (SSSR count). The molecule has 0 bridgehead atoms. The van der Waals surface area contributed by atoms with Crippen molar-refractivity contribution < 1.29 is 164 Å². The van der Waals surface area contributed by atoms with Crippen molar-refractivity contribution in [1.82, 2.24) is 0 Å². The first kappa shape index (κ1) is 128. The van der Waals surface area contributed by atoms with Gasteiger partial charge in [0, 0.05) is 136 Å². The van der Waals surface area contributed by atoms with Gasteiger partial charge in [-0.3, -0.25) is 4.79 Å².